The molecule has 27 heavy (non-hydrogen) atoms. The first kappa shape index (κ1) is 21.3. The van der Waals surface area contributed by atoms with Crippen molar-refractivity contribution in [2.45, 2.75) is 38.4 Å². The van der Waals surface area contributed by atoms with Gasteiger partial charge < -0.3 is 10.6 Å². The summed E-state index contributed by atoms with van der Waals surface area (Å²) in [6.07, 6.45) is 0. The maximum absolute atomic E-state index is 12.9. The Hall–Kier alpha value is -2.00. The fourth-order valence-corrected chi connectivity index (χ4v) is 4.28. The lowest BCUT2D eigenvalue weighted by molar-refractivity contribution is -0.116. The van der Waals surface area contributed by atoms with Crippen LogP contribution in [0.4, 0.5) is 11.5 Å². The van der Waals surface area contributed by atoms with Gasteiger partial charge in [0.1, 0.15) is 5.82 Å². The minimum atomic E-state index is -0.632. The molecule has 0 aromatic carbocycles. The molecule has 0 aliphatic heterocycles. The van der Waals surface area contributed by atoms with Crippen LogP contribution in [0.25, 0.3) is 0 Å². The first-order chi connectivity index (χ1) is 12.7. The highest BCUT2D eigenvalue weighted by Crippen LogP contribution is 2.25. The van der Waals surface area contributed by atoms with E-state index in [9.17, 15) is 14.4 Å². The monoisotopic (exact) mass is 410 g/mol. The Labute approximate surface area is 166 Å². The molecule has 2 aromatic heterocycles. The van der Waals surface area contributed by atoms with Crippen molar-refractivity contribution in [3.05, 3.63) is 38.4 Å². The predicted octanol–water partition coefficient (Wildman–Crippen LogP) is 2.62. The van der Waals surface area contributed by atoms with Crippen LogP contribution >= 0.6 is 23.1 Å². The van der Waals surface area contributed by atoms with Crippen molar-refractivity contribution < 1.29 is 4.79 Å². The zero-order chi connectivity index (χ0) is 20.1. The van der Waals surface area contributed by atoms with E-state index in [0.717, 1.165) is 4.21 Å². The summed E-state index contributed by atoms with van der Waals surface area (Å²) in [6, 6.07) is 3.87. The number of thiophene rings is 1. The van der Waals surface area contributed by atoms with Gasteiger partial charge in [-0.1, -0.05) is 33.8 Å². The molecule has 0 radical (unpaired) electrons. The van der Waals surface area contributed by atoms with Gasteiger partial charge in [-0.05, 0) is 23.3 Å². The van der Waals surface area contributed by atoms with E-state index in [4.69, 9.17) is 5.73 Å². The summed E-state index contributed by atoms with van der Waals surface area (Å²) < 4.78 is 2.36. The first-order valence-electron chi connectivity index (χ1n) is 8.80. The average molecular weight is 411 g/mol. The summed E-state index contributed by atoms with van der Waals surface area (Å²) in [5.41, 5.74) is 5.05. The van der Waals surface area contributed by atoms with Gasteiger partial charge in [0.05, 0.1) is 9.96 Å². The molecule has 2 heterocycles. The van der Waals surface area contributed by atoms with E-state index in [-0.39, 0.29) is 35.0 Å². The van der Waals surface area contributed by atoms with E-state index in [1.807, 2.05) is 45.2 Å². The number of carbonyl (C=O) groups is 1. The number of hydrogen-bond donors (Lipinski definition) is 2. The lowest BCUT2D eigenvalue weighted by Crippen LogP contribution is -2.43. The Balaban J connectivity index is 2.41. The lowest BCUT2D eigenvalue weighted by Gasteiger charge is -2.26. The number of nitrogens with two attached hydrogens (primary N) is 1. The lowest BCUT2D eigenvalue weighted by atomic mass is 10.2. The maximum Gasteiger partial charge on any atom is 0.330 e. The molecule has 2 rings (SSSR count). The number of aromatic nitrogens is 2. The molecule has 0 unspecified atom stereocenters. The van der Waals surface area contributed by atoms with Gasteiger partial charge in [0.2, 0.25) is 5.91 Å². The van der Waals surface area contributed by atoms with Crippen molar-refractivity contribution in [1.29, 1.82) is 0 Å². The van der Waals surface area contributed by atoms with Crippen LogP contribution in [0, 0.1) is 11.8 Å². The molecule has 0 atom stereocenters. The van der Waals surface area contributed by atoms with Crippen molar-refractivity contribution in [2.24, 2.45) is 11.8 Å². The second kappa shape index (κ2) is 9.27. The molecule has 1 amide bonds. The van der Waals surface area contributed by atoms with Crippen molar-refractivity contribution in [3.8, 4) is 0 Å². The molecule has 0 saturated carbocycles. The predicted molar refractivity (Wildman–Crippen MR) is 113 cm³/mol. The van der Waals surface area contributed by atoms with Crippen LogP contribution < -0.4 is 21.9 Å². The van der Waals surface area contributed by atoms with Gasteiger partial charge in [0, 0.05) is 13.1 Å². The highest BCUT2D eigenvalue weighted by molar-refractivity contribution is 8.01. The van der Waals surface area contributed by atoms with Crippen LogP contribution in [0.1, 0.15) is 27.7 Å². The fraction of sp³-hybridized carbons (Fsp3) is 0.500. The quantitative estimate of drug-likeness (QED) is 0.652. The van der Waals surface area contributed by atoms with E-state index in [2.05, 4.69) is 4.98 Å². The van der Waals surface area contributed by atoms with Gasteiger partial charge in [0.15, 0.2) is 5.69 Å². The number of anilines is 2. The Morgan fingerprint density at radius 1 is 1.30 bits per heavy atom. The minimum absolute atomic E-state index is 0.0348. The van der Waals surface area contributed by atoms with Crippen LogP contribution in [-0.2, 0) is 11.3 Å². The van der Waals surface area contributed by atoms with Gasteiger partial charge in [-0.3, -0.25) is 19.1 Å². The number of H-pyrrole nitrogens is 1. The van der Waals surface area contributed by atoms with Crippen molar-refractivity contribution in [1.82, 2.24) is 9.55 Å². The Kier molecular flexibility index (Phi) is 7.32. The van der Waals surface area contributed by atoms with Gasteiger partial charge >= 0.3 is 5.69 Å². The van der Waals surface area contributed by atoms with Crippen LogP contribution in [0.15, 0.2) is 31.3 Å². The number of carbonyl (C=O) groups excluding carboxylic acids is 1. The van der Waals surface area contributed by atoms with E-state index >= 15 is 0 Å². The van der Waals surface area contributed by atoms with Crippen molar-refractivity contribution in [3.63, 3.8) is 0 Å². The van der Waals surface area contributed by atoms with Gasteiger partial charge in [0.25, 0.3) is 5.56 Å². The Morgan fingerprint density at radius 3 is 2.56 bits per heavy atom. The molecule has 148 valence electrons. The highest BCUT2D eigenvalue weighted by Gasteiger charge is 2.25. The number of aromatic amines is 1. The van der Waals surface area contributed by atoms with E-state index in [0.29, 0.717) is 13.1 Å². The number of nitrogens with one attached hydrogen (secondary N) is 1. The highest BCUT2D eigenvalue weighted by atomic mass is 32.2. The number of thioether (sulfide) groups is 1. The maximum atomic E-state index is 12.9. The smallest absolute Gasteiger partial charge is 0.330 e. The zero-order valence-corrected chi connectivity index (χ0v) is 17.7. The van der Waals surface area contributed by atoms with Crippen LogP contribution in [0.5, 0.6) is 0 Å². The third-order valence-corrected chi connectivity index (χ3v) is 5.83. The molecule has 3 N–H and O–H groups in total. The van der Waals surface area contributed by atoms with Crippen LogP contribution in [0.3, 0.4) is 0 Å². The topological polar surface area (TPSA) is 101 Å². The van der Waals surface area contributed by atoms with Gasteiger partial charge in [-0.2, -0.15) is 0 Å². The summed E-state index contributed by atoms with van der Waals surface area (Å²) in [5.74, 6) is 0.300. The third kappa shape index (κ3) is 5.49. The molecule has 0 bridgehead atoms. The Morgan fingerprint density at radius 2 is 2.00 bits per heavy atom. The molecule has 0 aliphatic rings. The zero-order valence-electron chi connectivity index (χ0n) is 16.0. The first-order valence-corrected chi connectivity index (χ1v) is 10.7. The Bertz CT molecular complexity index is 885. The molecule has 7 nitrogen and oxygen atoms in total. The molecule has 0 saturated heterocycles. The summed E-state index contributed by atoms with van der Waals surface area (Å²) in [5, 5.41) is 1.95. The minimum Gasteiger partial charge on any atom is -0.383 e. The molecule has 0 aliphatic carbocycles. The normalized spacial score (nSPS) is 11.3. The van der Waals surface area contributed by atoms with Crippen LogP contribution in [-0.4, -0.2) is 27.8 Å². The second-order valence-electron chi connectivity index (χ2n) is 7.12. The molecule has 0 spiro atoms. The van der Waals surface area contributed by atoms with Crippen molar-refractivity contribution in [2.75, 3.05) is 22.9 Å². The number of amides is 1. The molecule has 2 aromatic rings. The molecular weight excluding hydrogens is 384 g/mol. The van der Waals surface area contributed by atoms with E-state index < -0.39 is 11.2 Å². The van der Waals surface area contributed by atoms with Gasteiger partial charge in [-0.15, -0.1) is 23.1 Å². The second-order valence-corrected chi connectivity index (χ2v) is 9.34. The van der Waals surface area contributed by atoms with E-state index in [1.165, 1.54) is 21.2 Å². The summed E-state index contributed by atoms with van der Waals surface area (Å²) >= 11 is 2.98. The summed E-state index contributed by atoms with van der Waals surface area (Å²) in [7, 11) is 0. The SMILES string of the molecule is CC(C)CN(C(=O)CSc1cccs1)c1c(N)n(CC(C)C)c(=O)[nH]c1=O. The standard InChI is InChI=1S/C18H26N4O3S2/c1-11(2)8-21(13(23)10-27-14-6-5-7-26-14)15-16(19)22(9-12(3)4)18(25)20-17(15)24/h5-7,11-12H,8-10,19H2,1-4H3,(H,20,24,25). The largest absolute Gasteiger partial charge is 0.383 e. The number of nitrogens with zero attached hydrogens (tertiary/aromatic N) is 2. The van der Waals surface area contributed by atoms with Crippen molar-refractivity contribution >= 4 is 40.5 Å². The average Bonchev–Trinajstić information content (AvgIpc) is 3.08. The number of rotatable bonds is 8. The molecule has 0 fully saturated rings. The fourth-order valence-electron chi connectivity index (χ4n) is 2.62. The number of nitrogen functional groups attached to an aromatic ring is 1. The third-order valence-electron chi connectivity index (χ3n) is 3.71. The molecule has 9 heteroatoms. The van der Waals surface area contributed by atoms with Crippen LogP contribution in [0.2, 0.25) is 0 Å². The number of hydrogen-bond acceptors (Lipinski definition) is 6. The van der Waals surface area contributed by atoms with Gasteiger partial charge in [-0.25, -0.2) is 4.79 Å². The van der Waals surface area contributed by atoms with E-state index in [1.54, 1.807) is 11.3 Å². The molecular formula is C18H26N4O3S2. The summed E-state index contributed by atoms with van der Waals surface area (Å²) in [4.78, 5) is 41.3. The summed E-state index contributed by atoms with van der Waals surface area (Å²) in [6.45, 7) is 8.53.